The first kappa shape index (κ1) is 38.6. The zero-order chi connectivity index (χ0) is 40.4. The third kappa shape index (κ3) is 5.91. The Morgan fingerprint density at radius 1 is 0.544 bits per heavy atom. The van der Waals surface area contributed by atoms with Crippen molar-refractivity contribution in [2.24, 2.45) is 0 Å². The third-order valence-corrected chi connectivity index (χ3v) is 13.3. The van der Waals surface area contributed by atoms with Gasteiger partial charge in [0.2, 0.25) is 0 Å². The highest BCUT2D eigenvalue weighted by atomic mass is 32.1. The number of likely N-dealkylation sites (N-methyl/N-ethyl adjacent to an activating group) is 4. The number of benzene rings is 4. The second-order valence-corrected chi connectivity index (χ2v) is 16.9. The monoisotopic (exact) mass is 774 g/mol. The van der Waals surface area contributed by atoms with Gasteiger partial charge < -0.3 is 9.80 Å². The maximum atomic E-state index is 14.5. The van der Waals surface area contributed by atoms with Gasteiger partial charge >= 0.3 is 0 Å². The first-order valence-electron chi connectivity index (χ1n) is 20.7. The van der Waals surface area contributed by atoms with Gasteiger partial charge in [0.05, 0.1) is 0 Å². The molecule has 0 atom stereocenters. The number of fused-ring (bicyclic) bond motifs is 6. The van der Waals surface area contributed by atoms with Gasteiger partial charge in [-0.05, 0) is 133 Å². The molecule has 3 heterocycles. The number of hydrogen-bond donors (Lipinski definition) is 0. The molecule has 8 rings (SSSR count). The summed E-state index contributed by atoms with van der Waals surface area (Å²) in [5.41, 5.74) is 9.99. The standard InChI is InChI=1S/C50H54N4O2S/c1-9-51-38-28-24-32-18-13-15-22-36(32)44(38)49(5,6)40(51)30-26-34-20-17-21-35(42(34)43-46(55)53(11-3)48(57)54(12-4)47(43)56)27-31-41-50(7,8)45-37-23-16-14-19-33(37)25-29-39(45)52(41)10-2/h13-16,18-19,22-31H,9-12,17,20-21H2,1-8H3/b34-26+,35-27+,40-30+,41-31?. The molecule has 292 valence electrons. The minimum absolute atomic E-state index is 0.223. The lowest BCUT2D eigenvalue weighted by atomic mass is 9.78. The number of hydrogen-bond acceptors (Lipinski definition) is 5. The maximum Gasteiger partial charge on any atom is 0.266 e. The summed E-state index contributed by atoms with van der Waals surface area (Å²) in [5, 5.41) is 5.29. The molecule has 7 heteroatoms. The van der Waals surface area contributed by atoms with Crippen LogP contribution in [-0.4, -0.2) is 52.9 Å². The molecule has 0 aromatic heterocycles. The lowest BCUT2D eigenvalue weighted by Crippen LogP contribution is -2.56. The van der Waals surface area contributed by atoms with Crippen LogP contribution >= 0.6 is 12.2 Å². The number of nitrogens with zero attached hydrogens (tertiary/aromatic N) is 4. The molecule has 4 aliphatic rings. The van der Waals surface area contributed by atoms with Crippen LogP contribution in [0, 0.1) is 0 Å². The fourth-order valence-electron chi connectivity index (χ4n) is 10.1. The molecule has 1 saturated heterocycles. The number of thiocarbonyl (C=S) groups is 1. The van der Waals surface area contributed by atoms with Gasteiger partial charge in [0, 0.05) is 59.8 Å². The van der Waals surface area contributed by atoms with Crippen LogP contribution in [0.5, 0.6) is 0 Å². The predicted octanol–water partition coefficient (Wildman–Crippen LogP) is 11.0. The van der Waals surface area contributed by atoms with Gasteiger partial charge in [0.25, 0.3) is 11.8 Å². The lowest BCUT2D eigenvalue weighted by molar-refractivity contribution is -0.133. The Labute approximate surface area is 343 Å². The van der Waals surface area contributed by atoms with Crippen molar-refractivity contribution in [3.8, 4) is 0 Å². The van der Waals surface area contributed by atoms with Crippen molar-refractivity contribution >= 4 is 62.1 Å². The van der Waals surface area contributed by atoms with Gasteiger partial charge in [0.1, 0.15) is 5.57 Å². The average Bonchev–Trinajstić information content (AvgIpc) is 3.57. The van der Waals surface area contributed by atoms with E-state index in [0.29, 0.717) is 13.1 Å². The van der Waals surface area contributed by atoms with E-state index in [4.69, 9.17) is 12.2 Å². The van der Waals surface area contributed by atoms with E-state index in [1.807, 2.05) is 13.8 Å². The van der Waals surface area contributed by atoms with Gasteiger partial charge in [-0.25, -0.2) is 0 Å². The van der Waals surface area contributed by atoms with E-state index in [1.54, 1.807) is 9.80 Å². The molecule has 0 bridgehead atoms. The quantitative estimate of drug-likeness (QED) is 0.111. The highest BCUT2D eigenvalue weighted by Gasteiger charge is 2.44. The van der Waals surface area contributed by atoms with E-state index < -0.39 is 0 Å². The summed E-state index contributed by atoms with van der Waals surface area (Å²) in [7, 11) is 0. The topological polar surface area (TPSA) is 47.1 Å². The van der Waals surface area contributed by atoms with Crippen LogP contribution in [0.1, 0.15) is 85.8 Å². The van der Waals surface area contributed by atoms with E-state index in [-0.39, 0.29) is 33.3 Å². The zero-order valence-corrected chi connectivity index (χ0v) is 35.5. The van der Waals surface area contributed by atoms with E-state index in [9.17, 15) is 9.59 Å². The number of rotatable bonds is 6. The molecule has 0 radical (unpaired) electrons. The molecule has 2 amide bonds. The molecule has 0 N–H and O–H groups in total. The van der Waals surface area contributed by atoms with Gasteiger partial charge in [-0.2, -0.15) is 0 Å². The normalized spacial score (nSPS) is 22.1. The number of anilines is 2. The second kappa shape index (κ2) is 14.6. The molecule has 4 aromatic rings. The van der Waals surface area contributed by atoms with Gasteiger partial charge in [-0.3, -0.25) is 19.4 Å². The summed E-state index contributed by atoms with van der Waals surface area (Å²) in [4.78, 5) is 37.1. The highest BCUT2D eigenvalue weighted by molar-refractivity contribution is 7.80. The SMILES string of the molecule is CCN1C(=O)C(=C2/C(=C/C=C3N(CC)c4ccc5ccccc5c4C3(C)C)CCC/C2=C\C=C2\N(CC)c3ccc4ccccc4c3C2(C)C)C(=O)N(CC)C1=S. The third-order valence-electron chi connectivity index (χ3n) is 12.8. The smallest absolute Gasteiger partial charge is 0.266 e. The largest absolute Gasteiger partial charge is 0.344 e. The second-order valence-electron chi connectivity index (χ2n) is 16.6. The van der Waals surface area contributed by atoms with E-state index in [0.717, 1.165) is 49.1 Å². The maximum absolute atomic E-state index is 14.5. The van der Waals surface area contributed by atoms with Crippen molar-refractivity contribution in [2.75, 3.05) is 36.0 Å². The zero-order valence-electron chi connectivity index (χ0n) is 34.7. The van der Waals surface area contributed by atoms with Crippen LogP contribution in [0.2, 0.25) is 0 Å². The van der Waals surface area contributed by atoms with E-state index in [2.05, 4.69) is 148 Å². The van der Waals surface area contributed by atoms with Crippen LogP contribution in [0.3, 0.4) is 0 Å². The van der Waals surface area contributed by atoms with Crippen LogP contribution in [0.15, 0.2) is 131 Å². The number of amides is 2. The summed E-state index contributed by atoms with van der Waals surface area (Å²) in [6.45, 7) is 19.9. The summed E-state index contributed by atoms with van der Waals surface area (Å²) in [6.07, 6.45) is 11.3. The van der Waals surface area contributed by atoms with Crippen LogP contribution in [0.25, 0.3) is 21.5 Å². The molecule has 4 aromatic carbocycles. The Hall–Kier alpha value is -5.27. The summed E-state index contributed by atoms with van der Waals surface area (Å²) in [5.74, 6) is -0.617. The van der Waals surface area contributed by atoms with Crippen molar-refractivity contribution in [1.29, 1.82) is 0 Å². The van der Waals surface area contributed by atoms with Crippen molar-refractivity contribution in [2.45, 2.75) is 85.5 Å². The molecule has 0 unspecified atom stereocenters. The fourth-order valence-corrected chi connectivity index (χ4v) is 10.6. The molecule has 3 aliphatic heterocycles. The molecular formula is C50H54N4O2S. The Bertz CT molecular complexity index is 2360. The van der Waals surface area contributed by atoms with E-state index in [1.165, 1.54) is 55.4 Å². The van der Waals surface area contributed by atoms with Gasteiger partial charge in [0.15, 0.2) is 5.11 Å². The van der Waals surface area contributed by atoms with Gasteiger partial charge in [-0.1, -0.05) is 101 Å². The van der Waals surface area contributed by atoms with Crippen molar-refractivity contribution in [1.82, 2.24) is 9.80 Å². The van der Waals surface area contributed by atoms with Gasteiger partial charge in [-0.15, -0.1) is 0 Å². The Morgan fingerprint density at radius 2 is 0.947 bits per heavy atom. The van der Waals surface area contributed by atoms with Crippen LogP contribution in [0.4, 0.5) is 11.4 Å². The molecule has 0 spiro atoms. The van der Waals surface area contributed by atoms with Crippen LogP contribution < -0.4 is 9.80 Å². The molecular weight excluding hydrogens is 721 g/mol. The first-order valence-corrected chi connectivity index (χ1v) is 21.2. The molecule has 6 nitrogen and oxygen atoms in total. The summed E-state index contributed by atoms with van der Waals surface area (Å²) < 4.78 is 0. The first-order chi connectivity index (χ1) is 27.4. The number of carbonyl (C=O) groups excluding carboxylic acids is 2. The minimum Gasteiger partial charge on any atom is -0.344 e. The molecule has 57 heavy (non-hydrogen) atoms. The molecule has 1 saturated carbocycles. The lowest BCUT2D eigenvalue weighted by Gasteiger charge is -2.37. The van der Waals surface area contributed by atoms with Crippen molar-refractivity contribution < 1.29 is 9.59 Å². The Kier molecular flexibility index (Phi) is 9.88. The van der Waals surface area contributed by atoms with E-state index >= 15 is 0 Å². The Morgan fingerprint density at radius 3 is 1.35 bits per heavy atom. The summed E-state index contributed by atoms with van der Waals surface area (Å²) >= 11 is 5.73. The number of carbonyl (C=O) groups is 2. The number of allylic oxidation sites excluding steroid dienone is 9. The predicted molar refractivity (Wildman–Crippen MR) is 241 cm³/mol. The summed E-state index contributed by atoms with van der Waals surface area (Å²) in [6, 6.07) is 26.2. The fraction of sp³-hybridized carbons (Fsp3) is 0.340. The minimum atomic E-state index is -0.309. The van der Waals surface area contributed by atoms with Crippen LogP contribution in [-0.2, 0) is 20.4 Å². The molecule has 1 aliphatic carbocycles. The van der Waals surface area contributed by atoms with Crippen molar-refractivity contribution in [3.63, 3.8) is 0 Å². The highest BCUT2D eigenvalue weighted by Crippen LogP contribution is 2.52. The Balaban J connectivity index is 1.31. The molecule has 2 fully saturated rings. The van der Waals surface area contributed by atoms with Crippen molar-refractivity contribution in [3.05, 3.63) is 142 Å². The average molecular weight is 775 g/mol.